The maximum atomic E-state index is 11.8. The van der Waals surface area contributed by atoms with Crippen LogP contribution in [0.3, 0.4) is 0 Å². The summed E-state index contributed by atoms with van der Waals surface area (Å²) in [6, 6.07) is 0. The molecule has 0 amide bonds. The summed E-state index contributed by atoms with van der Waals surface area (Å²) in [4.78, 5) is 36.8. The van der Waals surface area contributed by atoms with Crippen LogP contribution in [0, 0.1) is 0 Å². The van der Waals surface area contributed by atoms with Gasteiger partial charge in [0.15, 0.2) is 0 Å². The van der Waals surface area contributed by atoms with Crippen LogP contribution in [0.25, 0.3) is 0 Å². The molecule has 0 N–H and O–H groups in total. The number of rotatable bonds is 7. The monoisotopic (exact) mass is 295 g/mol. The van der Waals surface area contributed by atoms with Crippen molar-refractivity contribution < 1.29 is 23.7 Å². The van der Waals surface area contributed by atoms with Crippen LogP contribution in [0.15, 0.2) is 12.7 Å². The van der Waals surface area contributed by atoms with Crippen LogP contribution >= 0.6 is 0 Å². The van der Waals surface area contributed by atoms with Gasteiger partial charge in [0.25, 0.3) is 0 Å². The Hall–Kier alpha value is -1.63. The minimum atomic E-state index is -1.19. The van der Waals surface area contributed by atoms with Gasteiger partial charge in [-0.15, -0.1) is 6.58 Å². The number of hydrogen-bond acceptors (Lipinski definition) is 6. The molecule has 0 saturated carbocycles. The van der Waals surface area contributed by atoms with Crippen molar-refractivity contribution in [2.45, 2.75) is 37.9 Å². The zero-order valence-electron chi connectivity index (χ0n) is 12.7. The van der Waals surface area contributed by atoms with Gasteiger partial charge in [0.05, 0.1) is 18.4 Å². The van der Waals surface area contributed by atoms with Gasteiger partial charge in [0.1, 0.15) is 6.29 Å². The fourth-order valence-electron chi connectivity index (χ4n) is 2.32. The molecular formula is C14H22BNO5. The number of allylic oxidation sites excluding steroid dienone is 1. The molecule has 0 aromatic rings. The lowest BCUT2D eigenvalue weighted by atomic mass is 9.54. The Morgan fingerprint density at radius 3 is 2.33 bits per heavy atom. The Morgan fingerprint density at radius 1 is 1.33 bits per heavy atom. The van der Waals surface area contributed by atoms with E-state index >= 15 is 0 Å². The van der Waals surface area contributed by atoms with Crippen molar-refractivity contribution in [2.75, 3.05) is 20.1 Å². The quantitative estimate of drug-likeness (QED) is 0.399. The van der Waals surface area contributed by atoms with Crippen molar-refractivity contribution in [3.8, 4) is 0 Å². The fourth-order valence-corrected chi connectivity index (χ4v) is 2.32. The van der Waals surface area contributed by atoms with Crippen LogP contribution in [0.2, 0.25) is 5.31 Å². The average Bonchev–Trinajstić information content (AvgIpc) is 2.41. The molecule has 1 saturated heterocycles. The molecule has 1 unspecified atom stereocenters. The number of carbonyl (C=O) groups is 3. The Balaban J connectivity index is 3.01. The molecule has 116 valence electrons. The van der Waals surface area contributed by atoms with Gasteiger partial charge in [-0.3, -0.25) is 14.5 Å². The van der Waals surface area contributed by atoms with E-state index < -0.39 is 24.4 Å². The van der Waals surface area contributed by atoms with Gasteiger partial charge in [0.2, 0.25) is 0 Å². The maximum Gasteiger partial charge on any atom is 0.613 e. The second-order valence-electron chi connectivity index (χ2n) is 5.43. The third-order valence-corrected chi connectivity index (χ3v) is 3.50. The molecular weight excluding hydrogens is 273 g/mol. The van der Waals surface area contributed by atoms with E-state index in [1.54, 1.807) is 13.1 Å². The van der Waals surface area contributed by atoms with E-state index in [9.17, 15) is 14.4 Å². The summed E-state index contributed by atoms with van der Waals surface area (Å²) in [5.74, 6) is -1.02. The lowest BCUT2D eigenvalue weighted by molar-refractivity contribution is -0.146. The zero-order valence-corrected chi connectivity index (χ0v) is 12.7. The van der Waals surface area contributed by atoms with Crippen LogP contribution < -0.4 is 0 Å². The topological polar surface area (TPSA) is 72.9 Å². The van der Waals surface area contributed by atoms with Gasteiger partial charge in [-0.2, -0.15) is 0 Å². The predicted molar refractivity (Wildman–Crippen MR) is 78.5 cm³/mol. The number of hydrogen-bond donors (Lipinski definition) is 0. The molecule has 1 aliphatic rings. The Kier molecular flexibility index (Phi) is 6.62. The van der Waals surface area contributed by atoms with E-state index in [2.05, 4.69) is 6.58 Å². The molecule has 1 fully saturated rings. The van der Waals surface area contributed by atoms with Crippen molar-refractivity contribution in [1.29, 1.82) is 0 Å². The van der Waals surface area contributed by atoms with Gasteiger partial charge in [-0.05, 0) is 19.9 Å². The molecule has 0 spiro atoms. The lowest BCUT2D eigenvalue weighted by Crippen LogP contribution is -2.48. The Bertz CT molecular complexity index is 394. The largest absolute Gasteiger partial charge is 0.613 e. The molecule has 0 aromatic heterocycles. The molecule has 1 atom stereocenters. The van der Waals surface area contributed by atoms with Crippen molar-refractivity contribution >= 4 is 25.3 Å². The Morgan fingerprint density at radius 2 is 1.90 bits per heavy atom. The first kappa shape index (κ1) is 17.4. The van der Waals surface area contributed by atoms with Crippen molar-refractivity contribution in [1.82, 2.24) is 4.90 Å². The molecule has 1 heterocycles. The highest BCUT2D eigenvalue weighted by atomic mass is 16.6. The summed E-state index contributed by atoms with van der Waals surface area (Å²) < 4.78 is 10.5. The van der Waals surface area contributed by atoms with E-state index in [4.69, 9.17) is 9.31 Å². The van der Waals surface area contributed by atoms with E-state index in [0.29, 0.717) is 6.42 Å². The van der Waals surface area contributed by atoms with E-state index in [1.807, 2.05) is 6.92 Å². The van der Waals surface area contributed by atoms with Gasteiger partial charge in [0, 0.05) is 0 Å². The zero-order chi connectivity index (χ0) is 15.9. The minimum absolute atomic E-state index is 0.0115. The summed E-state index contributed by atoms with van der Waals surface area (Å²) in [6.45, 7) is 5.61. The van der Waals surface area contributed by atoms with Crippen LogP contribution in [0.5, 0.6) is 0 Å². The summed E-state index contributed by atoms with van der Waals surface area (Å²) in [5.41, 5.74) is 0. The molecule has 0 aliphatic carbocycles. The molecule has 0 bridgehead atoms. The summed E-state index contributed by atoms with van der Waals surface area (Å²) >= 11 is 0. The number of unbranched alkanes of at least 4 members (excludes halogenated alkanes) is 1. The average molecular weight is 295 g/mol. The van der Waals surface area contributed by atoms with Crippen LogP contribution in [0.1, 0.15) is 32.6 Å². The van der Waals surface area contributed by atoms with Crippen molar-refractivity contribution in [2.24, 2.45) is 0 Å². The fraction of sp³-hybridized carbons (Fsp3) is 0.643. The molecule has 1 aliphatic heterocycles. The van der Waals surface area contributed by atoms with Crippen molar-refractivity contribution in [3.05, 3.63) is 12.7 Å². The van der Waals surface area contributed by atoms with Gasteiger partial charge < -0.3 is 14.1 Å². The van der Waals surface area contributed by atoms with Crippen LogP contribution in [-0.2, 0) is 23.7 Å². The van der Waals surface area contributed by atoms with Gasteiger partial charge in [-0.1, -0.05) is 25.8 Å². The SMILES string of the molecule is C=CCC(C=O)(CCCC)B1OC(=O)CN(C)CC(=O)O1. The normalized spacial score (nSPS) is 19.8. The molecule has 7 heteroatoms. The smallest absolute Gasteiger partial charge is 0.498 e. The third kappa shape index (κ3) is 4.70. The standard InChI is InChI=1S/C14H22BNO5/c1-4-6-8-14(11-17,7-5-2)15-20-12(18)9-16(3)10-13(19)21-15/h5,11H,2,4,6-10H2,1,3H3. The highest BCUT2D eigenvalue weighted by Gasteiger charge is 2.51. The number of aldehydes is 1. The molecule has 0 aromatic carbocycles. The lowest BCUT2D eigenvalue weighted by Gasteiger charge is -2.32. The number of likely N-dealkylation sites (N-methyl/N-ethyl adjacent to an activating group) is 1. The van der Waals surface area contributed by atoms with Gasteiger partial charge in [-0.25, -0.2) is 0 Å². The number of nitrogens with zero attached hydrogens (tertiary/aromatic N) is 1. The molecule has 6 nitrogen and oxygen atoms in total. The van der Waals surface area contributed by atoms with Crippen molar-refractivity contribution in [3.63, 3.8) is 0 Å². The first-order valence-electron chi connectivity index (χ1n) is 7.12. The highest BCUT2D eigenvalue weighted by molar-refractivity contribution is 6.57. The van der Waals surface area contributed by atoms with E-state index in [1.165, 1.54) is 4.90 Å². The second-order valence-corrected chi connectivity index (χ2v) is 5.43. The molecule has 1 rings (SSSR count). The molecule has 21 heavy (non-hydrogen) atoms. The van der Waals surface area contributed by atoms with Gasteiger partial charge >= 0.3 is 19.1 Å². The first-order valence-corrected chi connectivity index (χ1v) is 7.12. The third-order valence-electron chi connectivity index (χ3n) is 3.50. The highest BCUT2D eigenvalue weighted by Crippen LogP contribution is 2.39. The second kappa shape index (κ2) is 7.97. The summed E-state index contributed by atoms with van der Waals surface area (Å²) in [6.07, 6.45) is 4.71. The van der Waals surface area contributed by atoms with E-state index in [0.717, 1.165) is 19.1 Å². The predicted octanol–water partition coefficient (Wildman–Crippen LogP) is 1.21. The van der Waals surface area contributed by atoms with Crippen LogP contribution in [0.4, 0.5) is 0 Å². The number of carbonyl (C=O) groups excluding carboxylic acids is 3. The minimum Gasteiger partial charge on any atom is -0.498 e. The summed E-state index contributed by atoms with van der Waals surface area (Å²) in [7, 11) is 0.435. The maximum absolute atomic E-state index is 11.8. The molecule has 0 radical (unpaired) electrons. The first-order chi connectivity index (χ1) is 9.97. The van der Waals surface area contributed by atoms with E-state index in [-0.39, 0.29) is 19.5 Å². The van der Waals surface area contributed by atoms with Crippen LogP contribution in [-0.4, -0.2) is 50.4 Å². The summed E-state index contributed by atoms with van der Waals surface area (Å²) in [5, 5.41) is -1.06. The Labute approximate surface area is 125 Å².